The number of aromatic nitrogens is 4. The molecule has 11 heteroatoms. The zero-order chi connectivity index (χ0) is 21.3. The van der Waals surface area contributed by atoms with Crippen molar-refractivity contribution in [3.63, 3.8) is 0 Å². The fraction of sp³-hybridized carbons (Fsp3) is 0.684. The number of hydrogen-bond acceptors (Lipinski definition) is 7. The lowest BCUT2D eigenvalue weighted by Crippen LogP contribution is -2.38. The van der Waals surface area contributed by atoms with Gasteiger partial charge in [-0.2, -0.15) is 4.98 Å². The van der Waals surface area contributed by atoms with Crippen molar-refractivity contribution >= 4 is 23.0 Å². The van der Waals surface area contributed by atoms with Crippen LogP contribution in [0.5, 0.6) is 0 Å². The van der Waals surface area contributed by atoms with Gasteiger partial charge in [0.2, 0.25) is 11.9 Å². The molecule has 0 radical (unpaired) electrons. The molecule has 2 saturated heterocycles. The van der Waals surface area contributed by atoms with Gasteiger partial charge in [-0.1, -0.05) is 0 Å². The van der Waals surface area contributed by atoms with Crippen LogP contribution in [0, 0.1) is 5.92 Å². The summed E-state index contributed by atoms with van der Waals surface area (Å²) in [5.41, 5.74) is -0.474. The molecule has 0 spiro atoms. The number of fused-ring (bicyclic) bond motifs is 1. The molecular formula is C19H28N6O5. The van der Waals surface area contributed by atoms with E-state index in [4.69, 9.17) is 9.47 Å². The largest absolute Gasteiger partial charge is 0.381 e. The number of ether oxygens (including phenoxy) is 2. The number of hydrogen-bond donors (Lipinski definition) is 2. The minimum absolute atomic E-state index is 0.0298. The van der Waals surface area contributed by atoms with Crippen molar-refractivity contribution in [1.29, 1.82) is 0 Å². The van der Waals surface area contributed by atoms with E-state index in [2.05, 4.69) is 15.6 Å². The minimum atomic E-state index is -0.482. The van der Waals surface area contributed by atoms with Gasteiger partial charge < -0.3 is 20.1 Å². The molecule has 2 unspecified atom stereocenters. The van der Waals surface area contributed by atoms with Gasteiger partial charge in [-0.05, 0) is 19.3 Å². The van der Waals surface area contributed by atoms with E-state index in [-0.39, 0.29) is 29.7 Å². The van der Waals surface area contributed by atoms with Gasteiger partial charge in [0.1, 0.15) is 6.54 Å². The topological polar surface area (TPSA) is 121 Å². The highest BCUT2D eigenvalue weighted by Gasteiger charge is 2.23. The number of anilines is 1. The maximum atomic E-state index is 12.8. The second kappa shape index (κ2) is 8.60. The zero-order valence-corrected chi connectivity index (χ0v) is 17.3. The molecule has 30 heavy (non-hydrogen) atoms. The van der Waals surface area contributed by atoms with E-state index in [0.29, 0.717) is 31.6 Å². The first kappa shape index (κ1) is 20.6. The molecule has 2 fully saturated rings. The molecule has 2 aliphatic rings. The van der Waals surface area contributed by atoms with Crippen molar-refractivity contribution in [3.8, 4) is 0 Å². The van der Waals surface area contributed by atoms with E-state index in [1.807, 2.05) is 0 Å². The molecule has 0 aromatic carbocycles. The molecule has 164 valence electrons. The molecule has 0 aliphatic carbocycles. The van der Waals surface area contributed by atoms with E-state index in [0.717, 1.165) is 37.0 Å². The molecule has 11 nitrogen and oxygen atoms in total. The first-order chi connectivity index (χ1) is 14.5. The second-order valence-corrected chi connectivity index (χ2v) is 7.95. The summed E-state index contributed by atoms with van der Waals surface area (Å²) in [7, 11) is 2.98. The Morgan fingerprint density at radius 1 is 1.17 bits per heavy atom. The molecule has 0 saturated carbocycles. The average molecular weight is 420 g/mol. The number of imidazole rings is 1. The quantitative estimate of drug-likeness (QED) is 0.600. The minimum Gasteiger partial charge on any atom is -0.381 e. The van der Waals surface area contributed by atoms with Crippen LogP contribution in [-0.4, -0.2) is 63.6 Å². The number of amides is 1. The van der Waals surface area contributed by atoms with Crippen LogP contribution in [0.4, 0.5) is 5.95 Å². The molecule has 2 N–H and O–H groups in total. The Morgan fingerprint density at radius 3 is 2.70 bits per heavy atom. The van der Waals surface area contributed by atoms with Crippen LogP contribution in [-0.2, 0) is 34.9 Å². The number of carbonyl (C=O) groups is 1. The predicted octanol–water partition coefficient (Wildman–Crippen LogP) is -0.823. The van der Waals surface area contributed by atoms with Crippen LogP contribution in [0.25, 0.3) is 11.2 Å². The normalized spacial score (nSPS) is 21.4. The highest BCUT2D eigenvalue weighted by molar-refractivity contribution is 5.81. The monoisotopic (exact) mass is 420 g/mol. The van der Waals surface area contributed by atoms with Gasteiger partial charge in [-0.3, -0.25) is 23.3 Å². The molecule has 2 atom stereocenters. The van der Waals surface area contributed by atoms with E-state index in [1.165, 1.54) is 11.6 Å². The third-order valence-corrected chi connectivity index (χ3v) is 5.77. The van der Waals surface area contributed by atoms with Crippen molar-refractivity contribution in [2.24, 2.45) is 20.0 Å². The third-order valence-electron chi connectivity index (χ3n) is 5.77. The molecule has 2 aromatic heterocycles. The summed E-state index contributed by atoms with van der Waals surface area (Å²) >= 11 is 0. The van der Waals surface area contributed by atoms with E-state index in [1.54, 1.807) is 11.6 Å². The Hall–Kier alpha value is -2.66. The van der Waals surface area contributed by atoms with Gasteiger partial charge in [0.05, 0.1) is 12.7 Å². The van der Waals surface area contributed by atoms with Gasteiger partial charge in [-0.25, -0.2) is 4.79 Å². The maximum Gasteiger partial charge on any atom is 0.332 e. The lowest BCUT2D eigenvalue weighted by molar-refractivity contribution is -0.122. The van der Waals surface area contributed by atoms with Gasteiger partial charge in [0.25, 0.3) is 5.56 Å². The van der Waals surface area contributed by atoms with Crippen LogP contribution in [0.2, 0.25) is 0 Å². The molecule has 0 bridgehead atoms. The third kappa shape index (κ3) is 3.99. The van der Waals surface area contributed by atoms with Crippen molar-refractivity contribution in [2.45, 2.75) is 31.9 Å². The summed E-state index contributed by atoms with van der Waals surface area (Å²) in [5, 5.41) is 6.12. The lowest BCUT2D eigenvalue weighted by Gasteiger charge is -2.14. The Labute approximate surface area is 173 Å². The first-order valence-corrected chi connectivity index (χ1v) is 10.3. The van der Waals surface area contributed by atoms with Crippen molar-refractivity contribution in [2.75, 3.05) is 38.2 Å². The average Bonchev–Trinajstić information content (AvgIpc) is 3.49. The van der Waals surface area contributed by atoms with Crippen molar-refractivity contribution < 1.29 is 14.3 Å². The maximum absolute atomic E-state index is 12.8. The standard InChI is InChI=1S/C19H28N6O5/c1-23-16-15(17(27)24(2)19(23)28)25(10-14(26)20-9-13-4-3-6-30-13)18(22-16)21-8-12-5-7-29-11-12/h12-13H,3-11H2,1-2H3,(H,20,26)(H,21,22). The number of nitrogens with zero attached hydrogens (tertiary/aromatic N) is 4. The number of nitrogens with one attached hydrogen (secondary N) is 2. The highest BCUT2D eigenvalue weighted by atomic mass is 16.5. The summed E-state index contributed by atoms with van der Waals surface area (Å²) < 4.78 is 14.9. The summed E-state index contributed by atoms with van der Waals surface area (Å²) in [6, 6.07) is 0. The van der Waals surface area contributed by atoms with Gasteiger partial charge in [0.15, 0.2) is 11.2 Å². The van der Waals surface area contributed by atoms with Gasteiger partial charge in [0, 0.05) is 46.3 Å². The Bertz CT molecular complexity index is 1040. The van der Waals surface area contributed by atoms with Crippen molar-refractivity contribution in [1.82, 2.24) is 24.0 Å². The summed E-state index contributed by atoms with van der Waals surface area (Å²) in [6.07, 6.45) is 2.89. The van der Waals surface area contributed by atoms with Crippen LogP contribution in [0.1, 0.15) is 19.3 Å². The number of rotatable bonds is 7. The first-order valence-electron chi connectivity index (χ1n) is 10.3. The highest BCUT2D eigenvalue weighted by Crippen LogP contribution is 2.18. The molecule has 2 aliphatic heterocycles. The Balaban J connectivity index is 1.63. The van der Waals surface area contributed by atoms with E-state index >= 15 is 0 Å². The van der Waals surface area contributed by atoms with Crippen LogP contribution in [0.3, 0.4) is 0 Å². The van der Waals surface area contributed by atoms with Crippen LogP contribution < -0.4 is 21.9 Å². The second-order valence-electron chi connectivity index (χ2n) is 7.95. The smallest absolute Gasteiger partial charge is 0.332 e. The van der Waals surface area contributed by atoms with Crippen LogP contribution in [0.15, 0.2) is 9.59 Å². The Morgan fingerprint density at radius 2 is 2.00 bits per heavy atom. The van der Waals surface area contributed by atoms with Crippen LogP contribution >= 0.6 is 0 Å². The van der Waals surface area contributed by atoms with Crippen molar-refractivity contribution in [3.05, 3.63) is 20.8 Å². The fourth-order valence-electron chi connectivity index (χ4n) is 3.95. The summed E-state index contributed by atoms with van der Waals surface area (Å²) in [4.78, 5) is 42.3. The number of carbonyl (C=O) groups excluding carboxylic acids is 1. The zero-order valence-electron chi connectivity index (χ0n) is 17.3. The predicted molar refractivity (Wildman–Crippen MR) is 110 cm³/mol. The lowest BCUT2D eigenvalue weighted by atomic mass is 10.1. The van der Waals surface area contributed by atoms with Gasteiger partial charge >= 0.3 is 5.69 Å². The molecule has 2 aromatic rings. The molecule has 4 heterocycles. The fourth-order valence-corrected chi connectivity index (χ4v) is 3.95. The Kier molecular flexibility index (Phi) is 5.91. The molecular weight excluding hydrogens is 392 g/mol. The SMILES string of the molecule is Cn1c(=O)c2c(nc(NCC3CCOC3)n2CC(=O)NCC2CCCO2)n(C)c1=O. The number of aryl methyl sites for hydroxylation is 1. The summed E-state index contributed by atoms with van der Waals surface area (Å²) in [6.45, 7) is 3.06. The summed E-state index contributed by atoms with van der Waals surface area (Å²) in [5.74, 6) is 0.480. The van der Waals surface area contributed by atoms with E-state index < -0.39 is 11.2 Å². The molecule has 4 rings (SSSR count). The van der Waals surface area contributed by atoms with E-state index in [9.17, 15) is 14.4 Å². The molecule has 1 amide bonds. The van der Waals surface area contributed by atoms with Gasteiger partial charge in [-0.15, -0.1) is 0 Å².